The van der Waals surface area contributed by atoms with Crippen molar-refractivity contribution in [1.29, 1.82) is 0 Å². The van der Waals surface area contributed by atoms with Crippen molar-refractivity contribution < 1.29 is 27.8 Å². The Bertz CT molecular complexity index is 1920. The van der Waals surface area contributed by atoms with Crippen LogP contribution in [0.25, 0.3) is 54.8 Å². The number of aryl methyl sites for hydroxylation is 1. The Morgan fingerprint density at radius 1 is 0.925 bits per heavy atom. The first-order chi connectivity index (χ1) is 18.9. The molecule has 0 saturated heterocycles. The number of hydrogen-bond acceptors (Lipinski definition) is 4. The quantitative estimate of drug-likeness (QED) is 0.209. The third-order valence-electron chi connectivity index (χ3n) is 7.27. The van der Waals surface area contributed by atoms with Crippen LogP contribution in [0.2, 0.25) is 0 Å². The number of nitrogens with zero attached hydrogens (tertiary/aromatic N) is 2. The topological polar surface area (TPSA) is 88.1 Å². The molecule has 0 unspecified atom stereocenters. The molecule has 2 N–H and O–H groups in total. The van der Waals surface area contributed by atoms with Crippen molar-refractivity contribution in [3.8, 4) is 28.4 Å². The van der Waals surface area contributed by atoms with E-state index in [1.807, 2.05) is 49.4 Å². The number of rotatable bonds is 6. The Morgan fingerprint density at radius 2 is 1.68 bits per heavy atom. The number of imidazole rings is 1. The predicted molar refractivity (Wildman–Crippen MR) is 148 cm³/mol. The lowest BCUT2D eigenvalue weighted by Gasteiger charge is -2.19. The zero-order chi connectivity index (χ0) is 28.4. The molecule has 0 saturated carbocycles. The molecule has 2 heterocycles. The second-order valence-electron chi connectivity index (χ2n) is 10.6. The number of ether oxygens (including phenoxy) is 1. The lowest BCUT2D eigenvalue weighted by Crippen LogP contribution is -2.30. The summed E-state index contributed by atoms with van der Waals surface area (Å²) in [7, 11) is 0. The number of aliphatic carboxylic acids is 1. The molecule has 6 rings (SSSR count). The van der Waals surface area contributed by atoms with Gasteiger partial charge in [0.15, 0.2) is 0 Å². The van der Waals surface area contributed by atoms with Gasteiger partial charge in [0, 0.05) is 23.4 Å². The van der Waals surface area contributed by atoms with E-state index in [2.05, 4.69) is 21.0 Å². The maximum atomic E-state index is 13.3. The molecule has 0 amide bonds. The summed E-state index contributed by atoms with van der Waals surface area (Å²) < 4.78 is 45.7. The van der Waals surface area contributed by atoms with Gasteiger partial charge in [-0.25, -0.2) is 9.97 Å². The zero-order valence-electron chi connectivity index (χ0n) is 21.8. The monoisotopic (exact) mass is 543 g/mol. The van der Waals surface area contributed by atoms with Crippen LogP contribution in [0.15, 0.2) is 67.0 Å². The largest absolute Gasteiger partial charge is 0.481 e. The van der Waals surface area contributed by atoms with Crippen molar-refractivity contribution in [3.63, 3.8) is 0 Å². The van der Waals surface area contributed by atoms with Crippen LogP contribution in [-0.4, -0.2) is 32.6 Å². The summed E-state index contributed by atoms with van der Waals surface area (Å²) in [6, 6.07) is 17.5. The zero-order valence-corrected chi connectivity index (χ0v) is 21.8. The number of halogens is 3. The summed E-state index contributed by atoms with van der Waals surface area (Å²) in [4.78, 5) is 22.3. The van der Waals surface area contributed by atoms with Crippen molar-refractivity contribution in [2.24, 2.45) is 5.41 Å². The number of hydrogen-bond donors (Lipinski definition) is 2. The first kappa shape index (κ1) is 25.6. The number of carboxylic acids is 1. The standard InChI is InChI=1S/C31H24F3N3O3/c1-16-9-25(40-15-30(2,3)29(38)39)35-13-23(16)19-10-18-8-7-17-5-4-6-21-22(12-20(11-19)26(18)27(17)21)28-36-14-24(37-28)31(32,33)34/h4-14H,15H2,1-3H3,(H,36,37)(H,38,39). The maximum Gasteiger partial charge on any atom is 0.432 e. The Balaban J connectivity index is 1.48. The van der Waals surface area contributed by atoms with Gasteiger partial charge < -0.3 is 14.8 Å². The Kier molecular flexibility index (Phi) is 5.72. The van der Waals surface area contributed by atoms with Crippen LogP contribution in [0.5, 0.6) is 5.88 Å². The normalized spacial score (nSPS) is 12.6. The molecule has 0 fully saturated rings. The molecule has 0 atom stereocenters. The van der Waals surface area contributed by atoms with Gasteiger partial charge in [0.1, 0.15) is 18.1 Å². The fourth-order valence-corrected chi connectivity index (χ4v) is 5.03. The molecule has 6 nitrogen and oxygen atoms in total. The maximum absolute atomic E-state index is 13.3. The molecular formula is C31H24F3N3O3. The second kappa shape index (κ2) is 8.94. The summed E-state index contributed by atoms with van der Waals surface area (Å²) >= 11 is 0. The Labute approximate surface area is 226 Å². The first-order valence-electron chi connectivity index (χ1n) is 12.6. The molecule has 0 spiro atoms. The third kappa shape index (κ3) is 4.27. The molecule has 2 aromatic heterocycles. The van der Waals surface area contributed by atoms with Gasteiger partial charge in [0.2, 0.25) is 5.88 Å². The molecule has 6 aromatic rings. The van der Waals surface area contributed by atoms with Crippen LogP contribution in [0, 0.1) is 12.3 Å². The SMILES string of the molecule is Cc1cc(OCC(C)(C)C(=O)O)ncc1-c1cc2ccc3cccc4c(-c5ncc(C(F)(F)F)[nH]5)cc(c1)c2c34. The highest BCUT2D eigenvalue weighted by molar-refractivity contribution is 6.26. The number of aromatic amines is 1. The lowest BCUT2D eigenvalue weighted by molar-refractivity contribution is -0.148. The van der Waals surface area contributed by atoms with E-state index in [4.69, 9.17) is 4.74 Å². The van der Waals surface area contributed by atoms with Gasteiger partial charge in [-0.05, 0) is 82.4 Å². The van der Waals surface area contributed by atoms with Crippen LogP contribution in [-0.2, 0) is 11.0 Å². The smallest absolute Gasteiger partial charge is 0.432 e. The van der Waals surface area contributed by atoms with E-state index in [1.54, 1.807) is 26.1 Å². The fraction of sp³-hybridized carbons (Fsp3) is 0.194. The van der Waals surface area contributed by atoms with Gasteiger partial charge in [0.05, 0.1) is 11.6 Å². The summed E-state index contributed by atoms with van der Waals surface area (Å²) in [6.07, 6.45) is -2.02. The highest BCUT2D eigenvalue weighted by atomic mass is 19.4. The predicted octanol–water partition coefficient (Wildman–Crippen LogP) is 7.85. The minimum Gasteiger partial charge on any atom is -0.481 e. The van der Waals surface area contributed by atoms with Gasteiger partial charge in [-0.2, -0.15) is 13.2 Å². The molecule has 0 bridgehead atoms. The summed E-state index contributed by atoms with van der Waals surface area (Å²) in [6.45, 7) is 5.06. The van der Waals surface area contributed by atoms with Crippen molar-refractivity contribution in [1.82, 2.24) is 15.0 Å². The van der Waals surface area contributed by atoms with Crippen LogP contribution >= 0.6 is 0 Å². The van der Waals surface area contributed by atoms with E-state index in [1.165, 1.54) is 0 Å². The third-order valence-corrected chi connectivity index (χ3v) is 7.27. The van der Waals surface area contributed by atoms with Crippen LogP contribution in [0.3, 0.4) is 0 Å². The minimum atomic E-state index is -4.53. The number of aromatic nitrogens is 3. The fourth-order valence-electron chi connectivity index (χ4n) is 5.03. The number of alkyl halides is 3. The van der Waals surface area contributed by atoms with Crippen molar-refractivity contribution in [2.75, 3.05) is 6.61 Å². The number of benzene rings is 4. The molecule has 202 valence electrons. The van der Waals surface area contributed by atoms with E-state index in [9.17, 15) is 23.1 Å². The average molecular weight is 544 g/mol. The number of carbonyl (C=O) groups is 1. The van der Waals surface area contributed by atoms with E-state index in [0.29, 0.717) is 11.4 Å². The number of pyridine rings is 1. The molecule has 4 aromatic carbocycles. The second-order valence-corrected chi connectivity index (χ2v) is 10.6. The van der Waals surface area contributed by atoms with E-state index in [-0.39, 0.29) is 12.4 Å². The van der Waals surface area contributed by atoms with Crippen molar-refractivity contribution in [2.45, 2.75) is 26.9 Å². The molecule has 0 aliphatic heterocycles. The summed E-state index contributed by atoms with van der Waals surface area (Å²) in [5, 5.41) is 15.0. The summed E-state index contributed by atoms with van der Waals surface area (Å²) in [5.41, 5.74) is 1.24. The van der Waals surface area contributed by atoms with E-state index < -0.39 is 23.3 Å². The molecule has 0 aliphatic rings. The molecule has 0 radical (unpaired) electrons. The minimum absolute atomic E-state index is 0.0277. The van der Waals surface area contributed by atoms with E-state index in [0.717, 1.165) is 55.2 Å². The first-order valence-corrected chi connectivity index (χ1v) is 12.6. The van der Waals surface area contributed by atoms with Crippen LogP contribution in [0.4, 0.5) is 13.2 Å². The summed E-state index contributed by atoms with van der Waals surface area (Å²) in [5.74, 6) is -0.483. The van der Waals surface area contributed by atoms with Crippen molar-refractivity contribution in [3.05, 3.63) is 78.2 Å². The molecule has 0 aliphatic carbocycles. The van der Waals surface area contributed by atoms with Gasteiger partial charge >= 0.3 is 12.1 Å². The van der Waals surface area contributed by atoms with Gasteiger partial charge in [-0.1, -0.05) is 30.3 Å². The highest BCUT2D eigenvalue weighted by Crippen LogP contribution is 2.42. The van der Waals surface area contributed by atoms with Gasteiger partial charge in [-0.15, -0.1) is 0 Å². The number of carboxylic acid groups (broad SMARTS) is 1. The lowest BCUT2D eigenvalue weighted by atomic mass is 9.88. The number of nitrogens with one attached hydrogen (secondary N) is 1. The van der Waals surface area contributed by atoms with E-state index >= 15 is 0 Å². The van der Waals surface area contributed by atoms with Gasteiger partial charge in [-0.3, -0.25) is 4.79 Å². The molecule has 9 heteroatoms. The van der Waals surface area contributed by atoms with Crippen LogP contribution < -0.4 is 4.74 Å². The average Bonchev–Trinajstić information content (AvgIpc) is 3.41. The highest BCUT2D eigenvalue weighted by Gasteiger charge is 2.33. The Morgan fingerprint density at radius 3 is 2.38 bits per heavy atom. The Hall–Kier alpha value is -4.66. The van der Waals surface area contributed by atoms with Gasteiger partial charge in [0.25, 0.3) is 0 Å². The molecular weight excluding hydrogens is 519 g/mol. The van der Waals surface area contributed by atoms with Crippen LogP contribution in [0.1, 0.15) is 25.1 Å². The van der Waals surface area contributed by atoms with Crippen molar-refractivity contribution >= 4 is 38.3 Å². The number of H-pyrrole nitrogens is 1. The molecule has 40 heavy (non-hydrogen) atoms.